The van der Waals surface area contributed by atoms with Gasteiger partial charge in [0, 0.05) is 39.1 Å². The van der Waals surface area contributed by atoms with Crippen LogP contribution in [0.2, 0.25) is 0 Å². The molecule has 3 rings (SSSR count). The van der Waals surface area contributed by atoms with E-state index in [2.05, 4.69) is 25.7 Å². The molecule has 6 heteroatoms. The highest BCUT2D eigenvalue weighted by atomic mass is 19.1. The van der Waals surface area contributed by atoms with Crippen LogP contribution in [0.25, 0.3) is 0 Å². The third kappa shape index (κ3) is 8.15. The van der Waals surface area contributed by atoms with Crippen LogP contribution in [0.3, 0.4) is 0 Å². The third-order valence-corrected chi connectivity index (χ3v) is 5.44. The Morgan fingerprint density at radius 1 is 0.906 bits per heavy atom. The van der Waals surface area contributed by atoms with E-state index in [1.54, 1.807) is 12.1 Å². The van der Waals surface area contributed by atoms with Crippen molar-refractivity contribution in [3.8, 4) is 11.5 Å². The Hall–Kier alpha value is -2.60. The van der Waals surface area contributed by atoms with Gasteiger partial charge in [-0.05, 0) is 53.8 Å². The SMILES string of the molecule is CC(C)(C)COc1ccc(CCC(=O)N2CCN(CCOc3ccc(F)cc3)CC2)cc1. The van der Waals surface area contributed by atoms with Crippen LogP contribution in [0.1, 0.15) is 32.8 Å². The smallest absolute Gasteiger partial charge is 0.222 e. The number of hydrogen-bond acceptors (Lipinski definition) is 4. The summed E-state index contributed by atoms with van der Waals surface area (Å²) in [4.78, 5) is 16.9. The van der Waals surface area contributed by atoms with Crippen molar-refractivity contribution >= 4 is 5.91 Å². The lowest BCUT2D eigenvalue weighted by Crippen LogP contribution is -2.49. The molecule has 0 atom stereocenters. The molecule has 0 N–H and O–H groups in total. The Bertz CT molecular complexity index is 839. The molecule has 0 saturated carbocycles. The van der Waals surface area contributed by atoms with E-state index in [0.29, 0.717) is 25.4 Å². The summed E-state index contributed by atoms with van der Waals surface area (Å²) in [7, 11) is 0. The summed E-state index contributed by atoms with van der Waals surface area (Å²) in [6.07, 6.45) is 1.26. The van der Waals surface area contributed by atoms with Crippen LogP contribution in [-0.4, -0.2) is 61.6 Å². The van der Waals surface area contributed by atoms with Gasteiger partial charge in [0.1, 0.15) is 23.9 Å². The van der Waals surface area contributed by atoms with Crippen LogP contribution < -0.4 is 9.47 Å². The average Bonchev–Trinajstić information content (AvgIpc) is 2.78. The molecule has 32 heavy (non-hydrogen) atoms. The second-order valence-electron chi connectivity index (χ2n) is 9.52. The van der Waals surface area contributed by atoms with Crippen molar-refractivity contribution in [2.45, 2.75) is 33.6 Å². The van der Waals surface area contributed by atoms with Crippen molar-refractivity contribution in [1.29, 1.82) is 0 Å². The quantitative estimate of drug-likeness (QED) is 0.577. The molecule has 1 aliphatic heterocycles. The van der Waals surface area contributed by atoms with Gasteiger partial charge in [-0.2, -0.15) is 0 Å². The maximum absolute atomic E-state index is 12.9. The fraction of sp³-hybridized carbons (Fsp3) is 0.500. The summed E-state index contributed by atoms with van der Waals surface area (Å²) in [5.41, 5.74) is 1.28. The van der Waals surface area contributed by atoms with Gasteiger partial charge in [-0.1, -0.05) is 32.9 Å². The van der Waals surface area contributed by atoms with Gasteiger partial charge < -0.3 is 14.4 Å². The third-order valence-electron chi connectivity index (χ3n) is 5.44. The number of aryl methyl sites for hydroxylation is 1. The van der Waals surface area contributed by atoms with Crippen molar-refractivity contribution < 1.29 is 18.7 Å². The summed E-state index contributed by atoms with van der Waals surface area (Å²) < 4.78 is 24.4. The number of piperazine rings is 1. The molecule has 1 heterocycles. The maximum Gasteiger partial charge on any atom is 0.222 e. The Labute approximate surface area is 191 Å². The largest absolute Gasteiger partial charge is 0.493 e. The zero-order valence-corrected chi connectivity index (χ0v) is 19.5. The number of amides is 1. The Morgan fingerprint density at radius 2 is 1.50 bits per heavy atom. The van der Waals surface area contributed by atoms with Gasteiger partial charge in [0.15, 0.2) is 0 Å². The number of nitrogens with zero attached hydrogens (tertiary/aromatic N) is 2. The molecule has 1 aliphatic rings. The Morgan fingerprint density at radius 3 is 2.12 bits per heavy atom. The molecule has 0 spiro atoms. The van der Waals surface area contributed by atoms with E-state index in [4.69, 9.17) is 9.47 Å². The molecule has 0 unspecified atom stereocenters. The second kappa shape index (κ2) is 11.3. The normalized spacial score (nSPS) is 14.9. The van der Waals surface area contributed by atoms with Crippen molar-refractivity contribution in [3.63, 3.8) is 0 Å². The number of carbonyl (C=O) groups is 1. The molecular weight excluding hydrogens is 407 g/mol. The number of halogens is 1. The number of benzene rings is 2. The molecule has 0 bridgehead atoms. The van der Waals surface area contributed by atoms with E-state index >= 15 is 0 Å². The summed E-state index contributed by atoms with van der Waals surface area (Å²) in [5, 5.41) is 0. The molecule has 0 aliphatic carbocycles. The zero-order valence-electron chi connectivity index (χ0n) is 19.5. The fourth-order valence-electron chi connectivity index (χ4n) is 3.51. The second-order valence-corrected chi connectivity index (χ2v) is 9.52. The van der Waals surface area contributed by atoms with Crippen LogP contribution >= 0.6 is 0 Å². The standard InChI is InChI=1S/C26H35FN2O3/c1-26(2,3)20-32-24-9-4-21(5-10-24)6-13-25(30)29-16-14-28(15-17-29)18-19-31-23-11-7-22(27)8-12-23/h4-5,7-12H,6,13-20H2,1-3H3. The lowest BCUT2D eigenvalue weighted by molar-refractivity contribution is -0.132. The fourth-order valence-corrected chi connectivity index (χ4v) is 3.51. The van der Waals surface area contributed by atoms with Crippen molar-refractivity contribution in [1.82, 2.24) is 9.80 Å². The first kappa shape index (κ1) is 24.1. The van der Waals surface area contributed by atoms with Gasteiger partial charge in [-0.15, -0.1) is 0 Å². The molecule has 1 fully saturated rings. The van der Waals surface area contributed by atoms with E-state index in [1.807, 2.05) is 29.2 Å². The highest BCUT2D eigenvalue weighted by Gasteiger charge is 2.20. The predicted molar refractivity (Wildman–Crippen MR) is 125 cm³/mol. The Balaban J connectivity index is 1.32. The molecule has 1 saturated heterocycles. The predicted octanol–water partition coefficient (Wildman–Crippen LogP) is 4.41. The molecule has 0 aromatic heterocycles. The summed E-state index contributed by atoms with van der Waals surface area (Å²) in [6.45, 7) is 11.6. The molecule has 174 valence electrons. The minimum Gasteiger partial charge on any atom is -0.493 e. The first-order valence-electron chi connectivity index (χ1n) is 11.4. The van der Waals surface area contributed by atoms with Gasteiger partial charge in [0.25, 0.3) is 0 Å². The molecule has 1 amide bonds. The number of hydrogen-bond donors (Lipinski definition) is 0. The number of rotatable bonds is 9. The van der Waals surface area contributed by atoms with Crippen molar-refractivity contribution in [2.75, 3.05) is 45.9 Å². The molecule has 0 radical (unpaired) electrons. The monoisotopic (exact) mass is 442 g/mol. The summed E-state index contributed by atoms with van der Waals surface area (Å²) in [5.74, 6) is 1.49. The van der Waals surface area contributed by atoms with Crippen molar-refractivity contribution in [2.24, 2.45) is 5.41 Å². The van der Waals surface area contributed by atoms with E-state index in [-0.39, 0.29) is 17.1 Å². The first-order valence-corrected chi connectivity index (χ1v) is 11.4. The highest BCUT2D eigenvalue weighted by molar-refractivity contribution is 5.76. The minimum atomic E-state index is -0.264. The Kier molecular flexibility index (Phi) is 8.51. The van der Waals surface area contributed by atoms with E-state index in [9.17, 15) is 9.18 Å². The maximum atomic E-state index is 12.9. The zero-order chi connectivity index (χ0) is 23.0. The summed E-state index contributed by atoms with van der Waals surface area (Å²) in [6, 6.07) is 14.1. The van der Waals surface area contributed by atoms with Gasteiger partial charge in [0.05, 0.1) is 6.61 Å². The van der Waals surface area contributed by atoms with Crippen LogP contribution in [-0.2, 0) is 11.2 Å². The van der Waals surface area contributed by atoms with E-state index < -0.39 is 0 Å². The van der Waals surface area contributed by atoms with Gasteiger partial charge in [-0.25, -0.2) is 4.39 Å². The van der Waals surface area contributed by atoms with Crippen LogP contribution in [0.4, 0.5) is 4.39 Å². The summed E-state index contributed by atoms with van der Waals surface area (Å²) >= 11 is 0. The lowest BCUT2D eigenvalue weighted by atomic mass is 9.99. The number of ether oxygens (including phenoxy) is 2. The van der Waals surface area contributed by atoms with Gasteiger partial charge in [-0.3, -0.25) is 9.69 Å². The van der Waals surface area contributed by atoms with Crippen LogP contribution in [0.15, 0.2) is 48.5 Å². The first-order chi connectivity index (χ1) is 15.3. The van der Waals surface area contributed by atoms with Crippen LogP contribution in [0.5, 0.6) is 11.5 Å². The lowest BCUT2D eigenvalue weighted by Gasteiger charge is -2.34. The van der Waals surface area contributed by atoms with E-state index in [1.165, 1.54) is 12.1 Å². The number of carbonyl (C=O) groups excluding carboxylic acids is 1. The molecule has 2 aromatic carbocycles. The average molecular weight is 443 g/mol. The van der Waals surface area contributed by atoms with Crippen LogP contribution in [0, 0.1) is 11.2 Å². The molecule has 5 nitrogen and oxygen atoms in total. The highest BCUT2D eigenvalue weighted by Crippen LogP contribution is 2.19. The molecular formula is C26H35FN2O3. The molecule has 2 aromatic rings. The van der Waals surface area contributed by atoms with Gasteiger partial charge >= 0.3 is 0 Å². The topological polar surface area (TPSA) is 42.0 Å². The van der Waals surface area contributed by atoms with Gasteiger partial charge in [0.2, 0.25) is 5.91 Å². The van der Waals surface area contributed by atoms with E-state index in [0.717, 1.165) is 50.5 Å². The van der Waals surface area contributed by atoms with Crippen molar-refractivity contribution in [3.05, 3.63) is 59.9 Å². The minimum absolute atomic E-state index is 0.130.